The van der Waals surface area contributed by atoms with E-state index < -0.39 is 0 Å². The molecular formula is C17H19NO2S. The minimum Gasteiger partial charge on any atom is -0.285 e. The van der Waals surface area contributed by atoms with Crippen LogP contribution in [-0.2, 0) is 10.5 Å². The Balaban J connectivity index is 1.97. The summed E-state index contributed by atoms with van der Waals surface area (Å²) < 4.78 is 0. The lowest BCUT2D eigenvalue weighted by molar-refractivity contribution is -0.172. The van der Waals surface area contributed by atoms with Gasteiger partial charge < -0.3 is 0 Å². The number of rotatable bonds is 5. The van der Waals surface area contributed by atoms with Gasteiger partial charge in [-0.25, -0.2) is 5.06 Å². The zero-order chi connectivity index (χ0) is 15.2. The second kappa shape index (κ2) is 7.29. The molecule has 21 heavy (non-hydrogen) atoms. The molecule has 0 saturated carbocycles. The molecular weight excluding hydrogens is 282 g/mol. The third-order valence-electron chi connectivity index (χ3n) is 3.30. The van der Waals surface area contributed by atoms with Crippen LogP contribution in [0.1, 0.15) is 31.0 Å². The molecule has 1 atom stereocenters. The van der Waals surface area contributed by atoms with Crippen molar-refractivity contribution in [2.75, 3.05) is 0 Å². The highest BCUT2D eigenvalue weighted by Gasteiger charge is 2.15. The molecule has 0 aliphatic heterocycles. The minimum atomic E-state index is -0.356. The van der Waals surface area contributed by atoms with E-state index in [4.69, 9.17) is 0 Å². The van der Waals surface area contributed by atoms with Gasteiger partial charge in [-0.3, -0.25) is 10.0 Å². The number of carbonyl (C=O) groups excluding carboxylic acids is 1. The van der Waals surface area contributed by atoms with Crippen molar-refractivity contribution in [2.24, 2.45) is 0 Å². The number of amides is 1. The third-order valence-corrected chi connectivity index (χ3v) is 4.38. The summed E-state index contributed by atoms with van der Waals surface area (Å²) in [5.74, 6) is 0.569. The fourth-order valence-corrected chi connectivity index (χ4v) is 2.85. The van der Waals surface area contributed by atoms with Crippen LogP contribution in [0.3, 0.4) is 0 Å². The molecule has 0 radical (unpaired) electrons. The minimum absolute atomic E-state index is 0.337. The fourth-order valence-electron chi connectivity index (χ4n) is 2.00. The molecule has 0 heterocycles. The van der Waals surface area contributed by atoms with Crippen molar-refractivity contribution >= 4 is 17.7 Å². The highest BCUT2D eigenvalue weighted by atomic mass is 32.2. The summed E-state index contributed by atoms with van der Waals surface area (Å²) in [5, 5.41) is 10.4. The SMILES string of the molecule is CC(=O)N(O)C(C)c1ccc(SCc2ccccc2)cc1. The van der Waals surface area contributed by atoms with Gasteiger partial charge >= 0.3 is 0 Å². The molecule has 2 rings (SSSR count). The van der Waals surface area contributed by atoms with E-state index in [0.29, 0.717) is 0 Å². The van der Waals surface area contributed by atoms with E-state index in [-0.39, 0.29) is 11.9 Å². The predicted octanol–water partition coefficient (Wildman–Crippen LogP) is 4.28. The topological polar surface area (TPSA) is 40.5 Å². The largest absolute Gasteiger partial charge is 0.285 e. The molecule has 2 aromatic carbocycles. The van der Waals surface area contributed by atoms with E-state index >= 15 is 0 Å². The molecule has 2 aromatic rings. The second-order valence-electron chi connectivity index (χ2n) is 4.88. The van der Waals surface area contributed by atoms with Gasteiger partial charge in [0.25, 0.3) is 0 Å². The Bertz CT molecular complexity index is 583. The van der Waals surface area contributed by atoms with Crippen molar-refractivity contribution in [3.63, 3.8) is 0 Å². The monoisotopic (exact) mass is 301 g/mol. The Morgan fingerprint density at radius 3 is 2.33 bits per heavy atom. The van der Waals surface area contributed by atoms with Crippen LogP contribution in [0.15, 0.2) is 59.5 Å². The molecule has 1 unspecified atom stereocenters. The van der Waals surface area contributed by atoms with Crippen molar-refractivity contribution in [3.8, 4) is 0 Å². The number of hydrogen-bond acceptors (Lipinski definition) is 3. The van der Waals surface area contributed by atoms with Crippen LogP contribution in [0, 0.1) is 0 Å². The number of hydroxylamine groups is 2. The van der Waals surface area contributed by atoms with Gasteiger partial charge in [-0.2, -0.15) is 0 Å². The van der Waals surface area contributed by atoms with Gasteiger partial charge in [0, 0.05) is 17.6 Å². The summed E-state index contributed by atoms with van der Waals surface area (Å²) >= 11 is 1.77. The molecule has 0 fully saturated rings. The number of thioether (sulfide) groups is 1. The molecule has 3 nitrogen and oxygen atoms in total. The van der Waals surface area contributed by atoms with Gasteiger partial charge in [-0.05, 0) is 30.2 Å². The number of nitrogens with zero attached hydrogens (tertiary/aromatic N) is 1. The van der Waals surface area contributed by atoms with Gasteiger partial charge in [0.15, 0.2) is 0 Å². The van der Waals surface area contributed by atoms with Crippen LogP contribution in [-0.4, -0.2) is 16.2 Å². The average molecular weight is 301 g/mol. The van der Waals surface area contributed by atoms with Gasteiger partial charge in [0.1, 0.15) is 0 Å². The van der Waals surface area contributed by atoms with Crippen molar-refractivity contribution in [2.45, 2.75) is 30.5 Å². The lowest BCUT2D eigenvalue weighted by atomic mass is 10.1. The first-order valence-corrected chi connectivity index (χ1v) is 7.82. The maximum Gasteiger partial charge on any atom is 0.243 e. The number of benzene rings is 2. The van der Waals surface area contributed by atoms with Crippen molar-refractivity contribution in [1.29, 1.82) is 0 Å². The van der Waals surface area contributed by atoms with E-state index in [2.05, 4.69) is 12.1 Å². The van der Waals surface area contributed by atoms with Gasteiger partial charge in [-0.15, -0.1) is 11.8 Å². The zero-order valence-electron chi connectivity index (χ0n) is 12.2. The fraction of sp³-hybridized carbons (Fsp3) is 0.235. The highest BCUT2D eigenvalue weighted by Crippen LogP contribution is 2.25. The van der Waals surface area contributed by atoms with Crippen LogP contribution < -0.4 is 0 Å². The van der Waals surface area contributed by atoms with Gasteiger partial charge in [-0.1, -0.05) is 42.5 Å². The first-order valence-electron chi connectivity index (χ1n) is 6.83. The van der Waals surface area contributed by atoms with E-state index in [1.54, 1.807) is 18.7 Å². The first kappa shape index (κ1) is 15.6. The number of carbonyl (C=O) groups is 1. The molecule has 0 aliphatic rings. The normalized spacial score (nSPS) is 12.0. The van der Waals surface area contributed by atoms with Crippen LogP contribution >= 0.6 is 11.8 Å². The van der Waals surface area contributed by atoms with E-state index in [1.165, 1.54) is 17.4 Å². The smallest absolute Gasteiger partial charge is 0.243 e. The molecule has 0 bridgehead atoms. The quantitative estimate of drug-likeness (QED) is 0.509. The Morgan fingerprint density at radius 1 is 1.14 bits per heavy atom. The molecule has 0 aliphatic carbocycles. The molecule has 4 heteroatoms. The summed E-state index contributed by atoms with van der Waals surface area (Å²) in [7, 11) is 0. The maximum absolute atomic E-state index is 11.2. The van der Waals surface area contributed by atoms with E-state index in [0.717, 1.165) is 16.4 Å². The van der Waals surface area contributed by atoms with E-state index in [9.17, 15) is 10.0 Å². The van der Waals surface area contributed by atoms with Crippen LogP contribution in [0.2, 0.25) is 0 Å². The van der Waals surface area contributed by atoms with Crippen LogP contribution in [0.4, 0.5) is 0 Å². The predicted molar refractivity (Wildman–Crippen MR) is 85.2 cm³/mol. The number of hydrogen-bond donors (Lipinski definition) is 1. The second-order valence-corrected chi connectivity index (χ2v) is 5.93. The maximum atomic E-state index is 11.2. The standard InChI is InChI=1S/C17H19NO2S/c1-13(18(20)14(2)19)16-8-10-17(11-9-16)21-12-15-6-4-3-5-7-15/h3-11,13,20H,12H2,1-2H3. The molecule has 0 aromatic heterocycles. The Morgan fingerprint density at radius 2 is 1.76 bits per heavy atom. The molecule has 0 spiro atoms. The van der Waals surface area contributed by atoms with Crippen molar-refractivity contribution in [3.05, 3.63) is 65.7 Å². The Labute approximate surface area is 129 Å². The summed E-state index contributed by atoms with van der Waals surface area (Å²) in [6.45, 7) is 3.15. The lowest BCUT2D eigenvalue weighted by Crippen LogP contribution is -2.27. The van der Waals surface area contributed by atoms with Crippen molar-refractivity contribution in [1.82, 2.24) is 5.06 Å². The molecule has 0 saturated heterocycles. The van der Waals surface area contributed by atoms with Crippen LogP contribution in [0.5, 0.6) is 0 Å². The van der Waals surface area contributed by atoms with Crippen LogP contribution in [0.25, 0.3) is 0 Å². The summed E-state index contributed by atoms with van der Waals surface area (Å²) in [6, 6.07) is 17.9. The van der Waals surface area contributed by atoms with Crippen molar-refractivity contribution < 1.29 is 10.0 Å². The average Bonchev–Trinajstić information content (AvgIpc) is 2.53. The Hall–Kier alpha value is -1.78. The summed E-state index contributed by atoms with van der Waals surface area (Å²) in [5.41, 5.74) is 2.20. The van der Waals surface area contributed by atoms with E-state index in [1.807, 2.05) is 42.5 Å². The Kier molecular flexibility index (Phi) is 5.42. The summed E-state index contributed by atoms with van der Waals surface area (Å²) in [4.78, 5) is 12.3. The first-order chi connectivity index (χ1) is 10.1. The highest BCUT2D eigenvalue weighted by molar-refractivity contribution is 7.98. The van der Waals surface area contributed by atoms with Gasteiger partial charge in [0.2, 0.25) is 5.91 Å². The third kappa shape index (κ3) is 4.34. The molecule has 1 N–H and O–H groups in total. The lowest BCUT2D eigenvalue weighted by Gasteiger charge is -2.21. The molecule has 1 amide bonds. The summed E-state index contributed by atoms with van der Waals surface area (Å²) in [6.07, 6.45) is 0. The molecule has 110 valence electrons. The zero-order valence-corrected chi connectivity index (χ0v) is 13.0. The van der Waals surface area contributed by atoms with Gasteiger partial charge in [0.05, 0.1) is 6.04 Å².